The number of hydrogen-bond acceptors (Lipinski definition) is 5. The molecule has 3 aromatic rings. The van der Waals surface area contributed by atoms with Crippen LogP contribution in [-0.2, 0) is 6.54 Å². The normalized spacial score (nSPS) is 18.1. The van der Waals surface area contributed by atoms with E-state index in [1.807, 2.05) is 24.3 Å². The van der Waals surface area contributed by atoms with Crippen molar-refractivity contribution < 1.29 is 8.91 Å². The van der Waals surface area contributed by atoms with Gasteiger partial charge in [-0.05, 0) is 31.2 Å². The van der Waals surface area contributed by atoms with Crippen molar-refractivity contribution in [1.29, 1.82) is 0 Å². The van der Waals surface area contributed by atoms with Crippen LogP contribution in [0.3, 0.4) is 0 Å². The summed E-state index contributed by atoms with van der Waals surface area (Å²) in [5.74, 6) is 1.24. The van der Waals surface area contributed by atoms with Crippen LogP contribution in [0.4, 0.5) is 4.39 Å². The largest absolute Gasteiger partial charge is 0.339 e. The molecule has 2 aromatic heterocycles. The van der Waals surface area contributed by atoms with Crippen LogP contribution in [0.2, 0.25) is 0 Å². The maximum atomic E-state index is 13.8. The van der Waals surface area contributed by atoms with Crippen molar-refractivity contribution in [3.05, 3.63) is 66.1 Å². The minimum Gasteiger partial charge on any atom is -0.339 e. The Bertz CT molecular complexity index is 821. The van der Waals surface area contributed by atoms with E-state index >= 15 is 0 Å². The highest BCUT2D eigenvalue weighted by Crippen LogP contribution is 2.28. The van der Waals surface area contributed by atoms with Crippen LogP contribution in [0, 0.1) is 5.82 Å². The summed E-state index contributed by atoms with van der Waals surface area (Å²) in [5.41, 5.74) is 1.56. The van der Waals surface area contributed by atoms with E-state index in [-0.39, 0.29) is 11.7 Å². The summed E-state index contributed by atoms with van der Waals surface area (Å²) in [7, 11) is 0. The first-order valence-electron chi connectivity index (χ1n) is 7.99. The zero-order valence-corrected chi connectivity index (χ0v) is 13.1. The molecule has 0 aliphatic carbocycles. The Morgan fingerprint density at radius 2 is 2.12 bits per heavy atom. The fourth-order valence-corrected chi connectivity index (χ4v) is 3.06. The first-order chi connectivity index (χ1) is 11.8. The molecule has 0 spiro atoms. The van der Waals surface area contributed by atoms with Crippen molar-refractivity contribution in [2.24, 2.45) is 0 Å². The van der Waals surface area contributed by atoms with E-state index in [0.29, 0.717) is 18.3 Å². The maximum Gasteiger partial charge on any atom is 0.231 e. The molecule has 4 rings (SSSR count). The highest BCUT2D eigenvalue weighted by Gasteiger charge is 2.28. The van der Waals surface area contributed by atoms with Gasteiger partial charge >= 0.3 is 0 Å². The molecule has 1 aromatic carbocycles. The van der Waals surface area contributed by atoms with Crippen molar-refractivity contribution in [3.8, 4) is 11.4 Å². The molecule has 1 atom stereocenters. The molecule has 1 fully saturated rings. The minimum atomic E-state index is -0.155. The van der Waals surface area contributed by atoms with E-state index < -0.39 is 0 Å². The van der Waals surface area contributed by atoms with Crippen LogP contribution in [0.5, 0.6) is 0 Å². The molecule has 0 bridgehead atoms. The van der Waals surface area contributed by atoms with E-state index in [2.05, 4.69) is 20.0 Å². The second-order valence-electron chi connectivity index (χ2n) is 6.01. The Kier molecular flexibility index (Phi) is 4.04. The maximum absolute atomic E-state index is 13.8. The Morgan fingerprint density at radius 3 is 2.96 bits per heavy atom. The molecule has 0 N–H and O–H groups in total. The fraction of sp³-hybridized carbons (Fsp3) is 0.278. The summed E-state index contributed by atoms with van der Waals surface area (Å²) < 4.78 is 19.2. The van der Waals surface area contributed by atoms with Gasteiger partial charge in [-0.3, -0.25) is 9.88 Å². The fourth-order valence-electron chi connectivity index (χ4n) is 3.06. The molecule has 3 heterocycles. The number of rotatable bonds is 4. The van der Waals surface area contributed by atoms with Gasteiger partial charge in [0.05, 0.1) is 5.92 Å². The van der Waals surface area contributed by atoms with Crippen LogP contribution in [-0.4, -0.2) is 33.1 Å². The van der Waals surface area contributed by atoms with Gasteiger partial charge in [0.15, 0.2) is 0 Å². The van der Waals surface area contributed by atoms with E-state index in [9.17, 15) is 4.39 Å². The lowest BCUT2D eigenvalue weighted by Crippen LogP contribution is -2.20. The Labute approximate surface area is 139 Å². The quantitative estimate of drug-likeness (QED) is 0.737. The number of likely N-dealkylation sites (tertiary alicyclic amines) is 1. The highest BCUT2D eigenvalue weighted by molar-refractivity contribution is 5.51. The molecule has 122 valence electrons. The lowest BCUT2D eigenvalue weighted by molar-refractivity contribution is 0.305. The Morgan fingerprint density at radius 1 is 1.21 bits per heavy atom. The van der Waals surface area contributed by atoms with Crippen LogP contribution >= 0.6 is 0 Å². The lowest BCUT2D eigenvalue weighted by atomic mass is 10.1. The zero-order chi connectivity index (χ0) is 16.4. The summed E-state index contributed by atoms with van der Waals surface area (Å²) in [6, 6.07) is 10.7. The second-order valence-corrected chi connectivity index (χ2v) is 6.01. The van der Waals surface area contributed by atoms with Gasteiger partial charge in [0.2, 0.25) is 11.7 Å². The summed E-state index contributed by atoms with van der Waals surface area (Å²) in [6.45, 7) is 2.29. The van der Waals surface area contributed by atoms with Gasteiger partial charge in [-0.2, -0.15) is 4.98 Å². The van der Waals surface area contributed by atoms with Crippen LogP contribution in [0.15, 0.2) is 53.3 Å². The molecule has 6 heteroatoms. The van der Waals surface area contributed by atoms with E-state index in [1.165, 1.54) is 6.07 Å². The van der Waals surface area contributed by atoms with Gasteiger partial charge in [0, 0.05) is 36.6 Å². The SMILES string of the molecule is Fc1ccccc1CN1CC[C@H](c2nc(-c3cccnc3)no2)C1. The van der Waals surface area contributed by atoms with Gasteiger partial charge in [0.25, 0.3) is 0 Å². The Hall–Kier alpha value is -2.60. The molecule has 1 saturated heterocycles. The predicted molar refractivity (Wildman–Crippen MR) is 86.6 cm³/mol. The topological polar surface area (TPSA) is 55.1 Å². The van der Waals surface area contributed by atoms with Gasteiger partial charge in [-0.1, -0.05) is 23.4 Å². The van der Waals surface area contributed by atoms with Crippen molar-refractivity contribution >= 4 is 0 Å². The molecule has 0 radical (unpaired) electrons. The first-order valence-corrected chi connectivity index (χ1v) is 7.99. The number of aromatic nitrogens is 3. The van der Waals surface area contributed by atoms with Crippen molar-refractivity contribution in [2.75, 3.05) is 13.1 Å². The van der Waals surface area contributed by atoms with Crippen LogP contribution in [0.1, 0.15) is 23.8 Å². The molecule has 1 aliphatic rings. The van der Waals surface area contributed by atoms with Crippen molar-refractivity contribution in [3.63, 3.8) is 0 Å². The zero-order valence-electron chi connectivity index (χ0n) is 13.1. The summed E-state index contributed by atoms with van der Waals surface area (Å²) >= 11 is 0. The average molecular weight is 324 g/mol. The Balaban J connectivity index is 1.44. The first kappa shape index (κ1) is 15.0. The molecule has 5 nitrogen and oxygen atoms in total. The molecular formula is C18H17FN4O. The summed E-state index contributed by atoms with van der Waals surface area (Å²) in [4.78, 5) is 10.8. The third kappa shape index (κ3) is 3.05. The number of benzene rings is 1. The van der Waals surface area contributed by atoms with E-state index in [1.54, 1.807) is 18.5 Å². The van der Waals surface area contributed by atoms with Crippen LogP contribution in [0.25, 0.3) is 11.4 Å². The monoisotopic (exact) mass is 324 g/mol. The minimum absolute atomic E-state index is 0.155. The number of nitrogens with zero attached hydrogens (tertiary/aromatic N) is 4. The van der Waals surface area contributed by atoms with Crippen molar-refractivity contribution in [1.82, 2.24) is 20.0 Å². The van der Waals surface area contributed by atoms with Crippen LogP contribution < -0.4 is 0 Å². The second kappa shape index (κ2) is 6.49. The standard InChI is InChI=1S/C18H17FN4O/c19-16-6-2-1-4-14(16)11-23-9-7-15(12-23)18-21-17(22-24-18)13-5-3-8-20-10-13/h1-6,8,10,15H,7,9,11-12H2/t15-/m0/s1. The number of halogens is 1. The number of pyridine rings is 1. The lowest BCUT2D eigenvalue weighted by Gasteiger charge is -2.15. The number of hydrogen-bond donors (Lipinski definition) is 0. The summed E-state index contributed by atoms with van der Waals surface area (Å²) in [5, 5.41) is 4.05. The average Bonchev–Trinajstić information content (AvgIpc) is 3.27. The van der Waals surface area contributed by atoms with E-state index in [0.717, 1.165) is 30.6 Å². The van der Waals surface area contributed by atoms with Gasteiger partial charge in [-0.15, -0.1) is 0 Å². The molecule has 24 heavy (non-hydrogen) atoms. The molecular weight excluding hydrogens is 307 g/mol. The molecule has 0 unspecified atom stereocenters. The van der Waals surface area contributed by atoms with Gasteiger partial charge < -0.3 is 4.52 Å². The highest BCUT2D eigenvalue weighted by atomic mass is 19.1. The molecule has 1 aliphatic heterocycles. The van der Waals surface area contributed by atoms with E-state index in [4.69, 9.17) is 4.52 Å². The molecule has 0 saturated carbocycles. The molecule has 0 amide bonds. The summed E-state index contributed by atoms with van der Waals surface area (Å²) in [6.07, 6.45) is 4.36. The van der Waals surface area contributed by atoms with Crippen molar-refractivity contribution in [2.45, 2.75) is 18.9 Å². The predicted octanol–water partition coefficient (Wildman–Crippen LogP) is 3.26. The third-order valence-electron chi connectivity index (χ3n) is 4.33. The smallest absolute Gasteiger partial charge is 0.231 e. The van der Waals surface area contributed by atoms with Gasteiger partial charge in [-0.25, -0.2) is 4.39 Å². The van der Waals surface area contributed by atoms with Gasteiger partial charge in [0.1, 0.15) is 5.82 Å². The third-order valence-corrected chi connectivity index (χ3v) is 4.33.